The van der Waals surface area contributed by atoms with Crippen LogP contribution in [0.25, 0.3) is 0 Å². The molecule has 15 heavy (non-hydrogen) atoms. The standard InChI is InChI=1S/C11H14N2O2/c1-13-8(7-14)6-9(11(13)15)10-4-2-3-5-12-10/h2-5,8-9,14H,6-7H2,1H3. The Bertz CT molecular complexity index is 353. The number of likely N-dealkylation sites (tertiary alicyclic amines) is 1. The van der Waals surface area contributed by atoms with Crippen molar-refractivity contribution in [2.75, 3.05) is 13.7 Å². The number of nitrogens with zero attached hydrogens (tertiary/aromatic N) is 2. The summed E-state index contributed by atoms with van der Waals surface area (Å²) in [6.07, 6.45) is 2.34. The van der Waals surface area contributed by atoms with Gasteiger partial charge in [-0.3, -0.25) is 9.78 Å². The second kappa shape index (κ2) is 3.98. The summed E-state index contributed by atoms with van der Waals surface area (Å²) in [5.74, 6) is -0.138. The molecule has 2 unspecified atom stereocenters. The maximum Gasteiger partial charge on any atom is 0.231 e. The van der Waals surface area contributed by atoms with Gasteiger partial charge in [0.05, 0.1) is 24.3 Å². The summed E-state index contributed by atoms with van der Waals surface area (Å²) in [5.41, 5.74) is 0.797. The summed E-state index contributed by atoms with van der Waals surface area (Å²) in [6, 6.07) is 5.50. The van der Waals surface area contributed by atoms with Crippen molar-refractivity contribution in [1.82, 2.24) is 9.88 Å². The van der Waals surface area contributed by atoms with Crippen LogP contribution in [-0.4, -0.2) is 40.6 Å². The van der Waals surface area contributed by atoms with Crippen molar-refractivity contribution in [1.29, 1.82) is 0 Å². The lowest BCUT2D eigenvalue weighted by Crippen LogP contribution is -2.31. The zero-order chi connectivity index (χ0) is 10.8. The van der Waals surface area contributed by atoms with E-state index >= 15 is 0 Å². The van der Waals surface area contributed by atoms with Gasteiger partial charge < -0.3 is 10.0 Å². The van der Waals surface area contributed by atoms with Gasteiger partial charge >= 0.3 is 0 Å². The molecule has 2 heterocycles. The van der Waals surface area contributed by atoms with Gasteiger partial charge in [-0.25, -0.2) is 0 Å². The first-order chi connectivity index (χ1) is 7.24. The summed E-state index contributed by atoms with van der Waals surface area (Å²) in [5, 5.41) is 9.10. The Hall–Kier alpha value is -1.42. The van der Waals surface area contributed by atoms with Crippen LogP contribution in [0.2, 0.25) is 0 Å². The van der Waals surface area contributed by atoms with Crippen molar-refractivity contribution in [3.63, 3.8) is 0 Å². The molecule has 0 saturated carbocycles. The second-order valence-electron chi connectivity index (χ2n) is 3.83. The average Bonchev–Trinajstić information content (AvgIpc) is 2.57. The zero-order valence-electron chi connectivity index (χ0n) is 8.63. The third kappa shape index (κ3) is 1.72. The molecule has 1 aliphatic heterocycles. The average molecular weight is 206 g/mol. The van der Waals surface area contributed by atoms with Gasteiger partial charge in [0, 0.05) is 13.2 Å². The molecule has 1 amide bonds. The van der Waals surface area contributed by atoms with E-state index in [-0.39, 0.29) is 24.5 Å². The minimum Gasteiger partial charge on any atom is -0.394 e. The maximum absolute atomic E-state index is 11.8. The first kappa shape index (κ1) is 10.1. The molecule has 4 nitrogen and oxygen atoms in total. The van der Waals surface area contributed by atoms with Crippen LogP contribution in [0, 0.1) is 0 Å². The largest absolute Gasteiger partial charge is 0.394 e. The number of pyridine rings is 1. The summed E-state index contributed by atoms with van der Waals surface area (Å²) in [7, 11) is 1.73. The highest BCUT2D eigenvalue weighted by Crippen LogP contribution is 2.30. The number of likely N-dealkylation sites (N-methyl/N-ethyl adjacent to an activating group) is 1. The minimum atomic E-state index is -0.187. The number of carbonyl (C=O) groups excluding carboxylic acids is 1. The van der Waals surface area contributed by atoms with E-state index in [4.69, 9.17) is 5.11 Å². The fourth-order valence-corrected chi connectivity index (χ4v) is 1.98. The molecular formula is C11H14N2O2. The van der Waals surface area contributed by atoms with Crippen LogP contribution in [0.3, 0.4) is 0 Å². The van der Waals surface area contributed by atoms with Crippen molar-refractivity contribution < 1.29 is 9.90 Å². The molecular weight excluding hydrogens is 192 g/mol. The highest BCUT2D eigenvalue weighted by atomic mass is 16.3. The van der Waals surface area contributed by atoms with Crippen LogP contribution < -0.4 is 0 Å². The van der Waals surface area contributed by atoms with Gasteiger partial charge in [0.25, 0.3) is 0 Å². The lowest BCUT2D eigenvalue weighted by Gasteiger charge is -2.16. The van der Waals surface area contributed by atoms with Crippen LogP contribution in [0.15, 0.2) is 24.4 Å². The number of aliphatic hydroxyl groups excluding tert-OH is 1. The van der Waals surface area contributed by atoms with Crippen LogP contribution in [0.4, 0.5) is 0 Å². The van der Waals surface area contributed by atoms with E-state index < -0.39 is 0 Å². The number of amides is 1. The Morgan fingerprint density at radius 3 is 2.93 bits per heavy atom. The molecule has 0 bridgehead atoms. The molecule has 0 aliphatic carbocycles. The Morgan fingerprint density at radius 2 is 2.40 bits per heavy atom. The van der Waals surface area contributed by atoms with E-state index in [1.807, 2.05) is 18.2 Å². The minimum absolute atomic E-state index is 0.0194. The van der Waals surface area contributed by atoms with Crippen molar-refractivity contribution in [3.8, 4) is 0 Å². The number of hydrogen-bond donors (Lipinski definition) is 1. The first-order valence-electron chi connectivity index (χ1n) is 5.02. The summed E-state index contributed by atoms with van der Waals surface area (Å²) >= 11 is 0. The van der Waals surface area contributed by atoms with Crippen LogP contribution >= 0.6 is 0 Å². The molecule has 0 spiro atoms. The summed E-state index contributed by atoms with van der Waals surface area (Å²) < 4.78 is 0. The van der Waals surface area contributed by atoms with Crippen LogP contribution in [0.5, 0.6) is 0 Å². The van der Waals surface area contributed by atoms with Gasteiger partial charge in [0.15, 0.2) is 0 Å². The fourth-order valence-electron chi connectivity index (χ4n) is 1.98. The van der Waals surface area contributed by atoms with Crippen molar-refractivity contribution in [2.45, 2.75) is 18.4 Å². The van der Waals surface area contributed by atoms with E-state index in [0.717, 1.165) is 5.69 Å². The molecule has 80 valence electrons. The Balaban J connectivity index is 2.23. The number of aliphatic hydroxyl groups is 1. The molecule has 1 saturated heterocycles. The van der Waals surface area contributed by atoms with E-state index in [9.17, 15) is 4.79 Å². The molecule has 0 aromatic carbocycles. The lowest BCUT2D eigenvalue weighted by atomic mass is 10.0. The molecule has 4 heteroatoms. The van der Waals surface area contributed by atoms with Crippen molar-refractivity contribution >= 4 is 5.91 Å². The second-order valence-corrected chi connectivity index (χ2v) is 3.83. The Morgan fingerprint density at radius 1 is 1.60 bits per heavy atom. The smallest absolute Gasteiger partial charge is 0.231 e. The monoisotopic (exact) mass is 206 g/mol. The third-order valence-corrected chi connectivity index (χ3v) is 2.96. The van der Waals surface area contributed by atoms with Gasteiger partial charge in [-0.15, -0.1) is 0 Å². The number of rotatable bonds is 2. The van der Waals surface area contributed by atoms with Crippen molar-refractivity contribution in [3.05, 3.63) is 30.1 Å². The van der Waals surface area contributed by atoms with E-state index in [0.29, 0.717) is 6.42 Å². The normalized spacial score (nSPS) is 26.0. The van der Waals surface area contributed by atoms with Gasteiger partial charge in [0.1, 0.15) is 0 Å². The predicted molar refractivity (Wildman–Crippen MR) is 55.2 cm³/mol. The highest BCUT2D eigenvalue weighted by Gasteiger charge is 2.38. The predicted octanol–water partition coefficient (Wildman–Crippen LogP) is 0.388. The number of carbonyl (C=O) groups is 1. The molecule has 1 fully saturated rings. The topological polar surface area (TPSA) is 53.4 Å². The van der Waals surface area contributed by atoms with Crippen LogP contribution in [-0.2, 0) is 4.79 Å². The van der Waals surface area contributed by atoms with Gasteiger partial charge in [-0.1, -0.05) is 6.07 Å². The molecule has 1 aromatic rings. The summed E-state index contributed by atoms with van der Waals surface area (Å²) in [6.45, 7) is 0.0194. The molecule has 1 N–H and O–H groups in total. The lowest BCUT2D eigenvalue weighted by molar-refractivity contribution is -0.129. The van der Waals surface area contributed by atoms with Crippen LogP contribution in [0.1, 0.15) is 18.0 Å². The highest BCUT2D eigenvalue weighted by molar-refractivity contribution is 5.85. The SMILES string of the molecule is CN1C(=O)C(c2ccccn2)CC1CO. The number of aromatic nitrogens is 1. The molecule has 1 aliphatic rings. The van der Waals surface area contributed by atoms with E-state index in [2.05, 4.69) is 4.98 Å². The molecule has 1 aromatic heterocycles. The van der Waals surface area contributed by atoms with E-state index in [1.54, 1.807) is 18.1 Å². The molecule has 0 radical (unpaired) electrons. The van der Waals surface area contributed by atoms with Gasteiger partial charge in [-0.2, -0.15) is 0 Å². The first-order valence-corrected chi connectivity index (χ1v) is 5.02. The quantitative estimate of drug-likeness (QED) is 0.761. The Kier molecular flexibility index (Phi) is 2.68. The van der Waals surface area contributed by atoms with Gasteiger partial charge in [0.2, 0.25) is 5.91 Å². The fraction of sp³-hybridized carbons (Fsp3) is 0.455. The van der Waals surface area contributed by atoms with E-state index in [1.165, 1.54) is 0 Å². The maximum atomic E-state index is 11.8. The number of hydrogen-bond acceptors (Lipinski definition) is 3. The summed E-state index contributed by atoms with van der Waals surface area (Å²) in [4.78, 5) is 17.6. The molecule has 2 atom stereocenters. The zero-order valence-corrected chi connectivity index (χ0v) is 8.63. The Labute approximate surface area is 88.6 Å². The molecule has 2 rings (SSSR count). The third-order valence-electron chi connectivity index (χ3n) is 2.96. The van der Waals surface area contributed by atoms with Crippen molar-refractivity contribution in [2.24, 2.45) is 0 Å². The van der Waals surface area contributed by atoms with Gasteiger partial charge in [-0.05, 0) is 18.6 Å².